The molecule has 0 saturated carbocycles. The number of hydrogen-bond acceptors (Lipinski definition) is 5. The van der Waals surface area contributed by atoms with Crippen LogP contribution in [0.1, 0.15) is 12.2 Å². The third kappa shape index (κ3) is 4.03. The molecule has 0 radical (unpaired) electrons. The summed E-state index contributed by atoms with van der Waals surface area (Å²) in [5.74, 6) is 1.79. The van der Waals surface area contributed by atoms with Gasteiger partial charge in [0.25, 0.3) is 0 Å². The first-order valence-corrected chi connectivity index (χ1v) is 9.33. The fourth-order valence-corrected chi connectivity index (χ4v) is 3.35. The number of anilines is 1. The summed E-state index contributed by atoms with van der Waals surface area (Å²) in [4.78, 5) is 24.9. The van der Waals surface area contributed by atoms with E-state index in [-0.39, 0.29) is 11.7 Å². The van der Waals surface area contributed by atoms with Crippen molar-refractivity contribution in [2.24, 2.45) is 0 Å². The fourth-order valence-electron chi connectivity index (χ4n) is 3.35. The van der Waals surface area contributed by atoms with Crippen LogP contribution in [-0.4, -0.2) is 47.0 Å². The van der Waals surface area contributed by atoms with E-state index in [4.69, 9.17) is 4.42 Å². The summed E-state index contributed by atoms with van der Waals surface area (Å²) in [7, 11) is 0. The molecule has 3 aromatic rings. The van der Waals surface area contributed by atoms with Crippen LogP contribution in [0.5, 0.6) is 0 Å². The van der Waals surface area contributed by atoms with Gasteiger partial charge in [0.2, 0.25) is 5.91 Å². The minimum atomic E-state index is -0.319. The van der Waals surface area contributed by atoms with Crippen molar-refractivity contribution in [1.82, 2.24) is 14.9 Å². The average molecular weight is 380 g/mol. The van der Waals surface area contributed by atoms with E-state index in [9.17, 15) is 9.18 Å². The van der Waals surface area contributed by atoms with Gasteiger partial charge in [-0.15, -0.1) is 0 Å². The molecule has 1 saturated heterocycles. The van der Waals surface area contributed by atoms with Gasteiger partial charge in [0.05, 0.1) is 11.8 Å². The predicted octanol–water partition coefficient (Wildman–Crippen LogP) is 3.16. The minimum absolute atomic E-state index is 0.0997. The second kappa shape index (κ2) is 8.21. The first-order chi connectivity index (χ1) is 13.7. The van der Waals surface area contributed by atoms with E-state index in [1.54, 1.807) is 48.9 Å². The zero-order valence-corrected chi connectivity index (χ0v) is 15.4. The maximum absolute atomic E-state index is 13.9. The molecule has 1 aromatic carbocycles. The van der Waals surface area contributed by atoms with Crippen LogP contribution in [0.4, 0.5) is 10.2 Å². The van der Waals surface area contributed by atoms with Crippen molar-refractivity contribution in [3.05, 3.63) is 66.6 Å². The van der Waals surface area contributed by atoms with E-state index >= 15 is 0 Å². The summed E-state index contributed by atoms with van der Waals surface area (Å²) >= 11 is 0. The number of carbonyl (C=O) groups excluding carboxylic acids is 1. The normalized spacial score (nSPS) is 14.3. The molecular weight excluding hydrogens is 359 g/mol. The Morgan fingerprint density at radius 3 is 2.64 bits per heavy atom. The van der Waals surface area contributed by atoms with Crippen LogP contribution >= 0.6 is 0 Å². The lowest BCUT2D eigenvalue weighted by Gasteiger charge is -2.35. The minimum Gasteiger partial charge on any atom is -0.461 e. The Kier molecular flexibility index (Phi) is 5.32. The van der Waals surface area contributed by atoms with Gasteiger partial charge in [0, 0.05) is 51.4 Å². The second-order valence-corrected chi connectivity index (χ2v) is 6.68. The largest absolute Gasteiger partial charge is 0.461 e. The average Bonchev–Trinajstić information content (AvgIpc) is 3.22. The summed E-state index contributed by atoms with van der Waals surface area (Å²) in [6, 6.07) is 10.1. The van der Waals surface area contributed by atoms with Crippen LogP contribution in [-0.2, 0) is 11.2 Å². The van der Waals surface area contributed by atoms with Crippen molar-refractivity contribution < 1.29 is 13.6 Å². The van der Waals surface area contributed by atoms with Crippen molar-refractivity contribution in [2.75, 3.05) is 31.1 Å². The van der Waals surface area contributed by atoms with Crippen LogP contribution < -0.4 is 4.90 Å². The zero-order valence-electron chi connectivity index (χ0n) is 15.4. The molecule has 3 heterocycles. The first kappa shape index (κ1) is 18.2. The van der Waals surface area contributed by atoms with Crippen LogP contribution in [0.25, 0.3) is 11.3 Å². The number of halogens is 1. The molecule has 0 spiro atoms. The standard InChI is InChI=1S/C21H21FN4O2/c22-18-4-2-1-3-17(18)19-7-5-16(28-19)6-8-21(27)26-13-11-25(12-14-26)20-15-23-9-10-24-20/h1-5,7,9-10,15H,6,8,11-14H2. The van der Waals surface area contributed by atoms with Gasteiger partial charge in [-0.25, -0.2) is 9.37 Å². The van der Waals surface area contributed by atoms with Gasteiger partial charge in [-0.1, -0.05) is 12.1 Å². The molecule has 0 atom stereocenters. The Hall–Kier alpha value is -3.22. The molecule has 1 aliphatic rings. The Morgan fingerprint density at radius 2 is 1.89 bits per heavy atom. The van der Waals surface area contributed by atoms with E-state index in [0.717, 1.165) is 18.9 Å². The molecule has 0 bridgehead atoms. The molecule has 0 N–H and O–H groups in total. The van der Waals surface area contributed by atoms with E-state index < -0.39 is 0 Å². The van der Waals surface area contributed by atoms with Gasteiger partial charge in [-0.3, -0.25) is 9.78 Å². The lowest BCUT2D eigenvalue weighted by atomic mass is 10.1. The lowest BCUT2D eigenvalue weighted by Crippen LogP contribution is -2.49. The number of benzene rings is 1. The van der Waals surface area contributed by atoms with Crippen molar-refractivity contribution in [1.29, 1.82) is 0 Å². The molecule has 6 nitrogen and oxygen atoms in total. The van der Waals surface area contributed by atoms with Crippen LogP contribution in [0.15, 0.2) is 59.4 Å². The third-order valence-corrected chi connectivity index (χ3v) is 4.89. The van der Waals surface area contributed by atoms with Crippen molar-refractivity contribution in [3.8, 4) is 11.3 Å². The highest BCUT2D eigenvalue weighted by molar-refractivity contribution is 5.76. The number of furan rings is 1. The Morgan fingerprint density at radius 1 is 1.07 bits per heavy atom. The van der Waals surface area contributed by atoms with Gasteiger partial charge in [-0.05, 0) is 24.3 Å². The highest BCUT2D eigenvalue weighted by atomic mass is 19.1. The molecule has 1 aliphatic heterocycles. The number of aryl methyl sites for hydroxylation is 1. The monoisotopic (exact) mass is 380 g/mol. The van der Waals surface area contributed by atoms with Gasteiger partial charge in [0.15, 0.2) is 0 Å². The smallest absolute Gasteiger partial charge is 0.223 e. The first-order valence-electron chi connectivity index (χ1n) is 9.33. The number of rotatable bonds is 5. The Labute approximate surface area is 162 Å². The van der Waals surface area contributed by atoms with E-state index in [1.165, 1.54) is 6.07 Å². The maximum Gasteiger partial charge on any atom is 0.223 e. The molecule has 0 unspecified atom stereocenters. The lowest BCUT2D eigenvalue weighted by molar-refractivity contribution is -0.131. The molecule has 1 fully saturated rings. The fraction of sp³-hybridized carbons (Fsp3) is 0.286. The van der Waals surface area contributed by atoms with Crippen molar-refractivity contribution in [3.63, 3.8) is 0 Å². The highest BCUT2D eigenvalue weighted by Gasteiger charge is 2.22. The van der Waals surface area contributed by atoms with E-state index in [0.29, 0.717) is 43.0 Å². The van der Waals surface area contributed by atoms with Gasteiger partial charge in [0.1, 0.15) is 23.2 Å². The van der Waals surface area contributed by atoms with Gasteiger partial charge >= 0.3 is 0 Å². The van der Waals surface area contributed by atoms with Gasteiger partial charge < -0.3 is 14.2 Å². The van der Waals surface area contributed by atoms with Crippen LogP contribution in [0, 0.1) is 5.82 Å². The molecule has 144 valence electrons. The molecular formula is C21H21FN4O2. The summed E-state index contributed by atoms with van der Waals surface area (Å²) in [5.41, 5.74) is 0.431. The van der Waals surface area contributed by atoms with E-state index in [1.807, 2.05) is 4.90 Å². The maximum atomic E-state index is 13.9. The zero-order chi connectivity index (χ0) is 19.3. The van der Waals surface area contributed by atoms with Crippen LogP contribution in [0.2, 0.25) is 0 Å². The Bertz CT molecular complexity index is 936. The predicted molar refractivity (Wildman–Crippen MR) is 103 cm³/mol. The summed E-state index contributed by atoms with van der Waals surface area (Å²) in [6.07, 6.45) is 5.93. The highest BCUT2D eigenvalue weighted by Crippen LogP contribution is 2.25. The van der Waals surface area contributed by atoms with Crippen LogP contribution in [0.3, 0.4) is 0 Å². The number of hydrogen-bond donors (Lipinski definition) is 0. The SMILES string of the molecule is O=C(CCc1ccc(-c2ccccc2F)o1)N1CCN(c2cnccn2)CC1. The molecule has 2 aromatic heterocycles. The molecule has 1 amide bonds. The topological polar surface area (TPSA) is 62.5 Å². The number of piperazine rings is 1. The Balaban J connectivity index is 1.29. The summed E-state index contributed by atoms with van der Waals surface area (Å²) < 4.78 is 19.6. The van der Waals surface area contributed by atoms with Crippen molar-refractivity contribution in [2.45, 2.75) is 12.8 Å². The quantitative estimate of drug-likeness (QED) is 0.680. The molecule has 4 rings (SSSR count). The summed E-state index contributed by atoms with van der Waals surface area (Å²) in [6.45, 7) is 2.80. The molecule has 0 aliphatic carbocycles. The van der Waals surface area contributed by atoms with Gasteiger partial charge in [-0.2, -0.15) is 0 Å². The van der Waals surface area contributed by atoms with E-state index in [2.05, 4.69) is 14.9 Å². The second-order valence-electron chi connectivity index (χ2n) is 6.68. The number of aromatic nitrogens is 2. The summed E-state index contributed by atoms with van der Waals surface area (Å²) in [5, 5.41) is 0. The number of nitrogens with zero attached hydrogens (tertiary/aromatic N) is 4. The molecule has 28 heavy (non-hydrogen) atoms. The number of amides is 1. The molecule has 7 heteroatoms. The van der Waals surface area contributed by atoms with Crippen molar-refractivity contribution >= 4 is 11.7 Å². The number of carbonyl (C=O) groups is 1. The third-order valence-electron chi connectivity index (χ3n) is 4.89.